The summed E-state index contributed by atoms with van der Waals surface area (Å²) >= 11 is 0. The smallest absolute Gasteiger partial charge is 0.305 e. The largest absolute Gasteiger partial charge is 0.481 e. The van der Waals surface area contributed by atoms with Crippen molar-refractivity contribution in [1.29, 1.82) is 0 Å². The molecule has 4 nitrogen and oxygen atoms in total. The summed E-state index contributed by atoms with van der Waals surface area (Å²) in [5, 5.41) is 8.74. The van der Waals surface area contributed by atoms with E-state index in [2.05, 4.69) is 12.2 Å². The van der Waals surface area contributed by atoms with Gasteiger partial charge >= 0.3 is 5.97 Å². The van der Waals surface area contributed by atoms with Gasteiger partial charge in [0, 0.05) is 18.5 Å². The second kappa shape index (κ2) is 6.03. The van der Waals surface area contributed by atoms with E-state index < -0.39 is 5.97 Å². The van der Waals surface area contributed by atoms with Crippen LogP contribution < -0.4 is 0 Å². The van der Waals surface area contributed by atoms with Crippen molar-refractivity contribution < 1.29 is 14.7 Å². The van der Waals surface area contributed by atoms with Gasteiger partial charge in [0.25, 0.3) is 0 Å². The summed E-state index contributed by atoms with van der Waals surface area (Å²) in [5.74, 6) is -0.481. The van der Waals surface area contributed by atoms with Crippen LogP contribution in [0.25, 0.3) is 0 Å². The van der Waals surface area contributed by atoms with Gasteiger partial charge in [-0.1, -0.05) is 12.2 Å². The number of hydrogen-bond acceptors (Lipinski definition) is 2. The molecule has 0 aromatic rings. The van der Waals surface area contributed by atoms with Crippen molar-refractivity contribution in [2.24, 2.45) is 5.92 Å². The maximum atomic E-state index is 12.3. The Kier molecular flexibility index (Phi) is 4.93. The molecule has 1 amide bonds. The van der Waals surface area contributed by atoms with Gasteiger partial charge in [-0.15, -0.1) is 0 Å². The van der Waals surface area contributed by atoms with Gasteiger partial charge < -0.3 is 10.0 Å². The molecular formula is C14H23NO3. The minimum Gasteiger partial charge on any atom is -0.481 e. The van der Waals surface area contributed by atoms with Gasteiger partial charge in [-0.3, -0.25) is 9.59 Å². The van der Waals surface area contributed by atoms with E-state index in [1.807, 2.05) is 20.8 Å². The number of carboxylic acids is 1. The lowest BCUT2D eigenvalue weighted by Gasteiger charge is -2.36. The maximum absolute atomic E-state index is 12.3. The number of allylic oxidation sites excluding steroid dienone is 2. The first-order valence-corrected chi connectivity index (χ1v) is 6.49. The lowest BCUT2D eigenvalue weighted by molar-refractivity contribution is -0.140. The minimum atomic E-state index is -0.863. The van der Waals surface area contributed by atoms with Crippen LogP contribution in [0.4, 0.5) is 0 Å². The van der Waals surface area contributed by atoms with Crippen LogP contribution in [0.1, 0.15) is 46.5 Å². The molecule has 18 heavy (non-hydrogen) atoms. The Bertz CT molecular complexity index is 341. The highest BCUT2D eigenvalue weighted by molar-refractivity contribution is 5.78. The fourth-order valence-corrected chi connectivity index (χ4v) is 2.24. The fourth-order valence-electron chi connectivity index (χ4n) is 2.24. The third-order valence-electron chi connectivity index (χ3n) is 3.21. The van der Waals surface area contributed by atoms with Crippen molar-refractivity contribution in [3.05, 3.63) is 12.2 Å². The average Bonchev–Trinajstić information content (AvgIpc) is 2.67. The Labute approximate surface area is 109 Å². The number of aliphatic carboxylic acids is 1. The highest BCUT2D eigenvalue weighted by atomic mass is 16.4. The summed E-state index contributed by atoms with van der Waals surface area (Å²) in [7, 11) is 0. The minimum absolute atomic E-state index is 0.00349. The fraction of sp³-hybridized carbons (Fsp3) is 0.714. The number of carboxylic acid groups (broad SMARTS) is 1. The summed E-state index contributed by atoms with van der Waals surface area (Å²) in [4.78, 5) is 24.6. The van der Waals surface area contributed by atoms with E-state index in [-0.39, 0.29) is 24.4 Å². The van der Waals surface area contributed by atoms with Crippen LogP contribution in [0, 0.1) is 5.92 Å². The van der Waals surface area contributed by atoms with Crippen molar-refractivity contribution in [2.45, 2.75) is 52.0 Å². The van der Waals surface area contributed by atoms with E-state index in [4.69, 9.17) is 5.11 Å². The molecule has 1 rings (SSSR count). The maximum Gasteiger partial charge on any atom is 0.305 e. The zero-order chi connectivity index (χ0) is 13.8. The van der Waals surface area contributed by atoms with E-state index >= 15 is 0 Å². The predicted octanol–water partition coefficient (Wildman–Crippen LogP) is 2.44. The molecule has 0 saturated carbocycles. The molecule has 1 unspecified atom stereocenters. The number of nitrogens with zero attached hydrogens (tertiary/aromatic N) is 1. The normalized spacial score (nSPS) is 18.9. The van der Waals surface area contributed by atoms with Gasteiger partial charge in [-0.25, -0.2) is 0 Å². The Hall–Kier alpha value is -1.32. The van der Waals surface area contributed by atoms with Gasteiger partial charge in [-0.2, -0.15) is 0 Å². The Morgan fingerprint density at radius 1 is 1.39 bits per heavy atom. The van der Waals surface area contributed by atoms with Crippen molar-refractivity contribution >= 4 is 11.9 Å². The molecule has 1 N–H and O–H groups in total. The van der Waals surface area contributed by atoms with Gasteiger partial charge in [0.1, 0.15) is 0 Å². The van der Waals surface area contributed by atoms with Crippen LogP contribution in [-0.4, -0.2) is 34.0 Å². The molecule has 4 heteroatoms. The number of hydrogen-bond donors (Lipinski definition) is 1. The van der Waals surface area contributed by atoms with Gasteiger partial charge in [0.15, 0.2) is 0 Å². The van der Waals surface area contributed by atoms with E-state index in [0.717, 1.165) is 12.8 Å². The third kappa shape index (κ3) is 4.51. The molecule has 0 radical (unpaired) electrons. The van der Waals surface area contributed by atoms with Crippen molar-refractivity contribution in [3.63, 3.8) is 0 Å². The molecule has 1 aliphatic carbocycles. The Morgan fingerprint density at radius 3 is 2.50 bits per heavy atom. The number of carbonyl (C=O) groups excluding carboxylic acids is 1. The number of carbonyl (C=O) groups is 2. The molecular weight excluding hydrogens is 230 g/mol. The monoisotopic (exact) mass is 253 g/mol. The molecule has 1 aliphatic rings. The molecule has 0 bridgehead atoms. The first-order chi connectivity index (χ1) is 8.30. The van der Waals surface area contributed by atoms with E-state index in [1.54, 1.807) is 4.90 Å². The Morgan fingerprint density at radius 2 is 2.06 bits per heavy atom. The second-order valence-corrected chi connectivity index (χ2v) is 5.83. The van der Waals surface area contributed by atoms with E-state index in [0.29, 0.717) is 12.3 Å². The Balaban J connectivity index is 2.60. The molecule has 0 saturated heterocycles. The molecule has 0 spiro atoms. The zero-order valence-corrected chi connectivity index (χ0v) is 11.5. The third-order valence-corrected chi connectivity index (χ3v) is 3.21. The molecule has 0 aromatic heterocycles. The summed E-state index contributed by atoms with van der Waals surface area (Å²) in [6.07, 6.45) is 6.77. The summed E-state index contributed by atoms with van der Waals surface area (Å²) in [5.41, 5.74) is -0.325. The van der Waals surface area contributed by atoms with Crippen molar-refractivity contribution in [2.75, 3.05) is 6.54 Å². The molecule has 102 valence electrons. The van der Waals surface area contributed by atoms with Crippen LogP contribution in [0.3, 0.4) is 0 Å². The van der Waals surface area contributed by atoms with Crippen LogP contribution in [0.5, 0.6) is 0 Å². The number of amides is 1. The highest BCUT2D eigenvalue weighted by Crippen LogP contribution is 2.24. The molecule has 0 heterocycles. The van der Waals surface area contributed by atoms with Gasteiger partial charge in [-0.05, 0) is 39.5 Å². The lowest BCUT2D eigenvalue weighted by atomic mass is 10.00. The van der Waals surface area contributed by atoms with E-state index in [9.17, 15) is 9.59 Å². The first-order valence-electron chi connectivity index (χ1n) is 6.49. The lowest BCUT2D eigenvalue weighted by Crippen LogP contribution is -2.47. The van der Waals surface area contributed by atoms with Crippen LogP contribution >= 0.6 is 0 Å². The predicted molar refractivity (Wildman–Crippen MR) is 70.2 cm³/mol. The van der Waals surface area contributed by atoms with Crippen LogP contribution in [-0.2, 0) is 9.59 Å². The summed E-state index contributed by atoms with van der Waals surface area (Å²) in [6.45, 7) is 6.11. The molecule has 0 aliphatic heterocycles. The highest BCUT2D eigenvalue weighted by Gasteiger charge is 2.28. The zero-order valence-electron chi connectivity index (χ0n) is 11.5. The quantitative estimate of drug-likeness (QED) is 0.766. The molecule has 0 aromatic carbocycles. The van der Waals surface area contributed by atoms with Crippen LogP contribution in [0.15, 0.2) is 12.2 Å². The SMILES string of the molecule is CC(C)(C)N(CCC(=O)O)C(=O)CC1C=CCC1. The average molecular weight is 253 g/mol. The van der Waals surface area contributed by atoms with Crippen LogP contribution in [0.2, 0.25) is 0 Å². The van der Waals surface area contributed by atoms with Crippen molar-refractivity contribution in [1.82, 2.24) is 4.90 Å². The first kappa shape index (κ1) is 14.7. The molecule has 1 atom stereocenters. The summed E-state index contributed by atoms with van der Waals surface area (Å²) in [6, 6.07) is 0. The summed E-state index contributed by atoms with van der Waals surface area (Å²) < 4.78 is 0. The number of rotatable bonds is 5. The van der Waals surface area contributed by atoms with Gasteiger partial charge in [0.05, 0.1) is 6.42 Å². The second-order valence-electron chi connectivity index (χ2n) is 5.83. The topological polar surface area (TPSA) is 57.6 Å². The molecule has 0 fully saturated rings. The standard InChI is InChI=1S/C14H23NO3/c1-14(2,3)15(9-8-13(17)18)12(16)10-11-6-4-5-7-11/h4,6,11H,5,7-10H2,1-3H3,(H,17,18). The van der Waals surface area contributed by atoms with Gasteiger partial charge in [0.2, 0.25) is 5.91 Å². The van der Waals surface area contributed by atoms with Crippen molar-refractivity contribution in [3.8, 4) is 0 Å². The van der Waals surface area contributed by atoms with E-state index in [1.165, 1.54) is 0 Å².